The Morgan fingerprint density at radius 3 is 2.62 bits per heavy atom. The maximum atomic E-state index is 11.4. The number of anilines is 1. The van der Waals surface area contributed by atoms with Gasteiger partial charge < -0.3 is 19.7 Å². The summed E-state index contributed by atoms with van der Waals surface area (Å²) in [6.45, 7) is 4.16. The second-order valence-corrected chi connectivity index (χ2v) is 8.74. The summed E-state index contributed by atoms with van der Waals surface area (Å²) in [5, 5.41) is 13.4. The molecule has 1 saturated heterocycles. The first kappa shape index (κ1) is 21.9. The number of thiocarbonyl (C=S) groups is 1. The second-order valence-electron chi connectivity index (χ2n) is 8.35. The van der Waals surface area contributed by atoms with Gasteiger partial charge in [0.25, 0.3) is 0 Å². The van der Waals surface area contributed by atoms with Gasteiger partial charge in [0, 0.05) is 17.4 Å². The van der Waals surface area contributed by atoms with Gasteiger partial charge in [-0.1, -0.05) is 24.3 Å². The van der Waals surface area contributed by atoms with E-state index in [1.54, 1.807) is 24.4 Å². The molecule has 34 heavy (non-hydrogen) atoms. The van der Waals surface area contributed by atoms with Crippen molar-refractivity contribution in [1.29, 1.82) is 0 Å². The minimum absolute atomic E-state index is 0.210. The van der Waals surface area contributed by atoms with E-state index in [0.717, 1.165) is 11.4 Å². The standard InChI is InChI=1S/C27H23N3O3S/c1-16-9-10-20(14-17(16)2)30-25(24(29-27(30)34)21-8-3-4-13-28-21)23-12-11-22(33-23)18-6-5-7-19(15-18)26(31)32/h3-15,24-25H,1-2H3,(H,29,34)(H,31,32). The normalized spacial score (nSPS) is 17.6. The zero-order valence-electron chi connectivity index (χ0n) is 18.7. The molecule has 0 spiro atoms. The largest absolute Gasteiger partial charge is 0.478 e. The molecule has 5 rings (SSSR count). The number of aromatic nitrogens is 1. The molecule has 0 bridgehead atoms. The number of furan rings is 1. The fourth-order valence-corrected chi connectivity index (χ4v) is 4.62. The second kappa shape index (κ2) is 8.76. The number of hydrogen-bond acceptors (Lipinski definition) is 4. The van der Waals surface area contributed by atoms with E-state index in [1.165, 1.54) is 11.1 Å². The molecule has 2 atom stereocenters. The Bertz CT molecular complexity index is 1380. The van der Waals surface area contributed by atoms with Crippen molar-refractivity contribution >= 4 is 29.0 Å². The average molecular weight is 470 g/mol. The summed E-state index contributed by atoms with van der Waals surface area (Å²) in [5.74, 6) is 0.322. The van der Waals surface area contributed by atoms with Crippen molar-refractivity contribution in [3.8, 4) is 11.3 Å². The lowest BCUT2D eigenvalue weighted by Gasteiger charge is -2.26. The van der Waals surface area contributed by atoms with Gasteiger partial charge in [-0.2, -0.15) is 0 Å². The predicted octanol–water partition coefficient (Wildman–Crippen LogP) is 5.83. The molecule has 1 aliphatic rings. The maximum absolute atomic E-state index is 11.4. The van der Waals surface area contributed by atoms with E-state index >= 15 is 0 Å². The van der Waals surface area contributed by atoms with Crippen LogP contribution in [0.15, 0.2) is 83.4 Å². The van der Waals surface area contributed by atoms with Gasteiger partial charge in [0.2, 0.25) is 0 Å². The van der Waals surface area contributed by atoms with Gasteiger partial charge in [0.05, 0.1) is 17.3 Å². The highest BCUT2D eigenvalue weighted by atomic mass is 32.1. The minimum Gasteiger partial charge on any atom is -0.478 e. The third kappa shape index (κ3) is 3.95. The zero-order valence-corrected chi connectivity index (χ0v) is 19.5. The topological polar surface area (TPSA) is 78.6 Å². The van der Waals surface area contributed by atoms with E-state index in [9.17, 15) is 9.90 Å². The SMILES string of the molecule is Cc1ccc(N2C(=S)NC(c3ccccn3)C2c2ccc(-c3cccc(C(=O)O)c3)o2)cc1C. The van der Waals surface area contributed by atoms with Gasteiger partial charge in [0.1, 0.15) is 17.6 Å². The van der Waals surface area contributed by atoms with E-state index < -0.39 is 5.97 Å². The number of benzene rings is 2. The molecule has 3 heterocycles. The van der Waals surface area contributed by atoms with Crippen molar-refractivity contribution in [2.24, 2.45) is 0 Å². The molecule has 2 aromatic carbocycles. The molecule has 1 fully saturated rings. The maximum Gasteiger partial charge on any atom is 0.335 e. The van der Waals surface area contributed by atoms with Crippen LogP contribution in [0, 0.1) is 13.8 Å². The number of carboxylic acids is 1. The molecule has 0 aliphatic carbocycles. The molecule has 6 nitrogen and oxygen atoms in total. The molecule has 7 heteroatoms. The Morgan fingerprint density at radius 2 is 1.88 bits per heavy atom. The van der Waals surface area contributed by atoms with Crippen molar-refractivity contribution in [2.75, 3.05) is 4.90 Å². The smallest absolute Gasteiger partial charge is 0.335 e. The van der Waals surface area contributed by atoms with Crippen LogP contribution >= 0.6 is 12.2 Å². The van der Waals surface area contributed by atoms with Crippen molar-refractivity contribution in [1.82, 2.24) is 10.3 Å². The lowest BCUT2D eigenvalue weighted by Crippen LogP contribution is -2.29. The Labute approximate surface area is 202 Å². The number of carbonyl (C=O) groups is 1. The van der Waals surface area contributed by atoms with E-state index in [0.29, 0.717) is 22.2 Å². The number of aryl methyl sites for hydroxylation is 2. The summed E-state index contributed by atoms with van der Waals surface area (Å²) >= 11 is 5.78. The molecule has 2 N–H and O–H groups in total. The van der Waals surface area contributed by atoms with Crippen LogP contribution in [-0.2, 0) is 0 Å². The number of pyridine rings is 1. The van der Waals surface area contributed by atoms with Gasteiger partial charge in [-0.15, -0.1) is 0 Å². The zero-order chi connectivity index (χ0) is 23.8. The molecule has 2 aromatic heterocycles. The van der Waals surface area contributed by atoms with Crippen LogP contribution in [0.1, 0.15) is 45.0 Å². The van der Waals surface area contributed by atoms with Crippen LogP contribution in [0.25, 0.3) is 11.3 Å². The Hall–Kier alpha value is -3.97. The first-order valence-electron chi connectivity index (χ1n) is 10.9. The fourth-order valence-electron chi connectivity index (χ4n) is 4.27. The molecule has 0 radical (unpaired) electrons. The lowest BCUT2D eigenvalue weighted by molar-refractivity contribution is 0.0697. The molecule has 1 aliphatic heterocycles. The van der Waals surface area contributed by atoms with E-state index in [2.05, 4.69) is 47.2 Å². The first-order chi connectivity index (χ1) is 16.4. The van der Waals surface area contributed by atoms with Crippen LogP contribution in [0.5, 0.6) is 0 Å². The summed E-state index contributed by atoms with van der Waals surface area (Å²) in [4.78, 5) is 18.1. The third-order valence-corrected chi connectivity index (χ3v) is 6.49. The summed E-state index contributed by atoms with van der Waals surface area (Å²) < 4.78 is 6.33. The van der Waals surface area contributed by atoms with Gasteiger partial charge in [-0.3, -0.25) is 4.98 Å². The van der Waals surface area contributed by atoms with E-state index in [4.69, 9.17) is 16.6 Å². The van der Waals surface area contributed by atoms with E-state index in [1.807, 2.05) is 36.4 Å². The van der Waals surface area contributed by atoms with Crippen LogP contribution in [0.4, 0.5) is 5.69 Å². The summed E-state index contributed by atoms with van der Waals surface area (Å²) in [6.07, 6.45) is 1.76. The van der Waals surface area contributed by atoms with Gasteiger partial charge in [-0.05, 0) is 85.7 Å². The van der Waals surface area contributed by atoms with Crippen LogP contribution in [-0.4, -0.2) is 21.2 Å². The number of hydrogen-bond donors (Lipinski definition) is 2. The van der Waals surface area contributed by atoms with Gasteiger partial charge in [-0.25, -0.2) is 4.79 Å². The van der Waals surface area contributed by atoms with Crippen molar-refractivity contribution in [3.05, 3.63) is 107 Å². The molecule has 0 amide bonds. The molecule has 2 unspecified atom stereocenters. The summed E-state index contributed by atoms with van der Waals surface area (Å²) in [7, 11) is 0. The summed E-state index contributed by atoms with van der Waals surface area (Å²) in [5.41, 5.74) is 5.11. The third-order valence-electron chi connectivity index (χ3n) is 6.18. The highest BCUT2D eigenvalue weighted by molar-refractivity contribution is 7.80. The molecule has 0 saturated carbocycles. The highest BCUT2D eigenvalue weighted by Gasteiger charge is 2.42. The van der Waals surface area contributed by atoms with E-state index in [-0.39, 0.29) is 17.6 Å². The average Bonchev–Trinajstić information content (AvgIpc) is 3.46. The monoisotopic (exact) mass is 469 g/mol. The predicted molar refractivity (Wildman–Crippen MR) is 135 cm³/mol. The van der Waals surface area contributed by atoms with Gasteiger partial charge in [0.15, 0.2) is 5.11 Å². The first-order valence-corrected chi connectivity index (χ1v) is 11.3. The molecular weight excluding hydrogens is 446 g/mol. The minimum atomic E-state index is -0.977. The van der Waals surface area contributed by atoms with Crippen LogP contribution < -0.4 is 10.2 Å². The fraction of sp³-hybridized carbons (Fsp3) is 0.148. The van der Waals surface area contributed by atoms with Crippen LogP contribution in [0.2, 0.25) is 0 Å². The summed E-state index contributed by atoms with van der Waals surface area (Å²) in [6, 6.07) is 22.1. The van der Waals surface area contributed by atoms with Crippen molar-refractivity contribution < 1.29 is 14.3 Å². The highest BCUT2D eigenvalue weighted by Crippen LogP contribution is 2.43. The molecule has 170 valence electrons. The van der Waals surface area contributed by atoms with Crippen LogP contribution in [0.3, 0.4) is 0 Å². The Morgan fingerprint density at radius 1 is 1.03 bits per heavy atom. The number of nitrogens with zero attached hydrogens (tertiary/aromatic N) is 2. The number of nitrogens with one attached hydrogen (secondary N) is 1. The molecule has 4 aromatic rings. The van der Waals surface area contributed by atoms with Crippen molar-refractivity contribution in [2.45, 2.75) is 25.9 Å². The lowest BCUT2D eigenvalue weighted by atomic mass is 10.0. The van der Waals surface area contributed by atoms with Gasteiger partial charge >= 0.3 is 5.97 Å². The number of aromatic carboxylic acids is 1. The Balaban J connectivity index is 1.60. The Kier molecular flexibility index (Phi) is 5.63. The number of carboxylic acid groups (broad SMARTS) is 1. The quantitative estimate of drug-likeness (QED) is 0.356. The van der Waals surface area contributed by atoms with Crippen molar-refractivity contribution in [3.63, 3.8) is 0 Å². The number of rotatable bonds is 5. The molecular formula is C27H23N3O3S.